The molecular formula is C21H26Cl2N3O9P. The van der Waals surface area contributed by atoms with E-state index in [1.54, 1.807) is 32.0 Å². The number of nitrogens with zero attached hydrogens (tertiary/aromatic N) is 1. The molecule has 2 aromatic rings. The van der Waals surface area contributed by atoms with Crippen LogP contribution in [0.3, 0.4) is 0 Å². The van der Waals surface area contributed by atoms with Crippen molar-refractivity contribution >= 4 is 36.9 Å². The molecule has 0 bridgehead atoms. The van der Waals surface area contributed by atoms with Gasteiger partial charge < -0.3 is 19.1 Å². The van der Waals surface area contributed by atoms with Crippen LogP contribution in [0, 0.1) is 0 Å². The van der Waals surface area contributed by atoms with Crippen molar-refractivity contribution in [1.29, 1.82) is 0 Å². The third-order valence-electron chi connectivity index (χ3n) is 4.92. The highest BCUT2D eigenvalue weighted by molar-refractivity contribution is 7.52. The first-order chi connectivity index (χ1) is 16.8. The number of aliphatic hydroxyl groups is 1. The minimum atomic E-state index is -4.27. The fraction of sp³-hybridized carbons (Fsp3) is 0.476. The summed E-state index contributed by atoms with van der Waals surface area (Å²) in [4.78, 5) is 37.9. The number of aromatic amines is 1. The zero-order valence-corrected chi connectivity index (χ0v) is 21.9. The molecule has 1 aliphatic rings. The molecule has 1 aromatic heterocycles. The lowest BCUT2D eigenvalue weighted by atomic mass is 10.2. The number of esters is 1. The Morgan fingerprint density at radius 2 is 1.92 bits per heavy atom. The number of aliphatic hydroxyl groups excluding tert-OH is 1. The molecule has 2 heterocycles. The molecule has 0 amide bonds. The van der Waals surface area contributed by atoms with Crippen LogP contribution in [-0.4, -0.2) is 55.9 Å². The predicted octanol–water partition coefficient (Wildman–Crippen LogP) is 2.10. The van der Waals surface area contributed by atoms with E-state index in [0.29, 0.717) is 0 Å². The van der Waals surface area contributed by atoms with Crippen LogP contribution in [0.5, 0.6) is 5.75 Å². The van der Waals surface area contributed by atoms with Gasteiger partial charge in [0.2, 0.25) is 0 Å². The van der Waals surface area contributed by atoms with Crippen molar-refractivity contribution in [1.82, 2.24) is 14.6 Å². The molecular weight excluding hydrogens is 540 g/mol. The minimum Gasteiger partial charge on any atom is -0.462 e. The lowest BCUT2D eigenvalue weighted by Crippen LogP contribution is -2.41. The molecule has 0 saturated carbocycles. The Kier molecular flexibility index (Phi) is 9.05. The van der Waals surface area contributed by atoms with Gasteiger partial charge in [-0.3, -0.25) is 23.7 Å². The molecule has 0 unspecified atom stereocenters. The van der Waals surface area contributed by atoms with E-state index in [1.165, 1.54) is 19.1 Å². The van der Waals surface area contributed by atoms with Gasteiger partial charge in [-0.05, 0) is 32.9 Å². The first-order valence-electron chi connectivity index (χ1n) is 10.8. The lowest BCUT2D eigenvalue weighted by molar-refractivity contribution is -0.149. The molecule has 1 aliphatic heterocycles. The molecule has 36 heavy (non-hydrogen) atoms. The van der Waals surface area contributed by atoms with E-state index >= 15 is 0 Å². The smallest absolute Gasteiger partial charge is 0.459 e. The van der Waals surface area contributed by atoms with E-state index in [0.717, 1.165) is 16.8 Å². The maximum atomic E-state index is 13.6. The highest BCUT2D eigenvalue weighted by Gasteiger charge is 2.56. The monoisotopic (exact) mass is 565 g/mol. The standard InChI is InChI=1S/C21H26Cl2N3O9P/c1-12(2)33-18(29)13(3)25-36(31,35-14-7-5-4-6-8-14)32-11-15-17(28)21(22,23)19(34-15)26-10-9-16(27)24-20(26)30/h4-10,12-13,15,17,19,28H,11H2,1-3H3,(H,25,31)(H,24,27,30)/t13-,15+,17+,19+,36-/m0/s1. The number of ether oxygens (including phenoxy) is 2. The minimum absolute atomic E-state index is 0.173. The number of carbonyl (C=O) groups is 1. The number of hydrogen-bond donors (Lipinski definition) is 3. The summed E-state index contributed by atoms with van der Waals surface area (Å²) >= 11 is 12.6. The van der Waals surface area contributed by atoms with E-state index in [4.69, 9.17) is 41.7 Å². The molecule has 12 nitrogen and oxygen atoms in total. The summed E-state index contributed by atoms with van der Waals surface area (Å²) < 4.78 is 34.3. The first-order valence-corrected chi connectivity index (χ1v) is 13.1. The number of nitrogens with one attached hydrogen (secondary N) is 2. The van der Waals surface area contributed by atoms with Gasteiger partial charge in [0.05, 0.1) is 12.7 Å². The molecule has 15 heteroatoms. The number of rotatable bonds is 10. The third kappa shape index (κ3) is 6.77. The van der Waals surface area contributed by atoms with Crippen molar-refractivity contribution < 1.29 is 33.0 Å². The van der Waals surface area contributed by atoms with Crippen LogP contribution in [0.15, 0.2) is 52.2 Å². The lowest BCUT2D eigenvalue weighted by Gasteiger charge is -2.25. The summed E-state index contributed by atoms with van der Waals surface area (Å²) in [6.07, 6.45) is -3.62. The number of aromatic nitrogens is 2. The van der Waals surface area contributed by atoms with Gasteiger partial charge in [0, 0.05) is 12.3 Å². The second kappa shape index (κ2) is 11.5. The first kappa shape index (κ1) is 28.4. The summed E-state index contributed by atoms with van der Waals surface area (Å²) in [5.41, 5.74) is -1.52. The molecule has 1 aromatic carbocycles. The second-order valence-electron chi connectivity index (χ2n) is 8.20. The number of H-pyrrole nitrogens is 1. The third-order valence-corrected chi connectivity index (χ3v) is 7.38. The Hall–Kier alpha value is -2.18. The largest absolute Gasteiger partial charge is 0.462 e. The SMILES string of the molecule is CC(C)OC(=O)[C@H](C)N[P@](=O)(OC[C@H]1O[C@@H](n2ccc(=O)[nH]c2=O)C(Cl)(Cl)[C@@H]1O)Oc1ccccc1. The summed E-state index contributed by atoms with van der Waals surface area (Å²) in [6, 6.07) is 8.01. The fourth-order valence-corrected chi connectivity index (χ4v) is 5.32. The van der Waals surface area contributed by atoms with Crippen LogP contribution in [0.25, 0.3) is 0 Å². The zero-order valence-electron chi connectivity index (χ0n) is 19.5. The van der Waals surface area contributed by atoms with Crippen LogP contribution >= 0.6 is 30.9 Å². The Balaban J connectivity index is 1.80. The van der Waals surface area contributed by atoms with Gasteiger partial charge in [-0.2, -0.15) is 5.09 Å². The summed E-state index contributed by atoms with van der Waals surface area (Å²) in [6.45, 7) is 4.17. The average Bonchev–Trinajstić information content (AvgIpc) is 3.01. The van der Waals surface area contributed by atoms with Crippen LogP contribution in [0.2, 0.25) is 0 Å². The number of hydrogen-bond acceptors (Lipinski definition) is 9. The highest BCUT2D eigenvalue weighted by Crippen LogP contribution is 2.49. The molecule has 3 N–H and O–H groups in total. The van der Waals surface area contributed by atoms with Gasteiger partial charge in [0.15, 0.2) is 10.6 Å². The highest BCUT2D eigenvalue weighted by atomic mass is 35.5. The van der Waals surface area contributed by atoms with Crippen molar-refractivity contribution in [2.75, 3.05) is 6.61 Å². The van der Waals surface area contributed by atoms with Crippen molar-refractivity contribution in [2.45, 2.75) is 55.7 Å². The molecule has 198 valence electrons. The predicted molar refractivity (Wildman–Crippen MR) is 130 cm³/mol. The second-order valence-corrected chi connectivity index (χ2v) is 11.3. The number of halogens is 2. The molecule has 3 rings (SSSR count). The van der Waals surface area contributed by atoms with Crippen LogP contribution in [0.4, 0.5) is 0 Å². The van der Waals surface area contributed by atoms with Gasteiger partial charge >= 0.3 is 19.4 Å². The number of alkyl halides is 2. The van der Waals surface area contributed by atoms with Gasteiger partial charge in [-0.25, -0.2) is 9.36 Å². The fourth-order valence-electron chi connectivity index (χ4n) is 3.22. The quantitative estimate of drug-likeness (QED) is 0.221. The number of carbonyl (C=O) groups excluding carboxylic acids is 1. The topological polar surface area (TPSA) is 158 Å². The van der Waals surface area contributed by atoms with Gasteiger partial charge in [0.1, 0.15) is 24.0 Å². The zero-order chi connectivity index (χ0) is 26.7. The Bertz CT molecular complexity index is 1220. The van der Waals surface area contributed by atoms with Crippen LogP contribution < -0.4 is 20.9 Å². The Morgan fingerprint density at radius 3 is 2.53 bits per heavy atom. The van der Waals surface area contributed by atoms with Crippen LogP contribution in [0.1, 0.15) is 27.0 Å². The van der Waals surface area contributed by atoms with Crippen LogP contribution in [-0.2, 0) is 23.4 Å². The molecule has 0 spiro atoms. The van der Waals surface area contributed by atoms with E-state index in [1.807, 2.05) is 4.98 Å². The number of para-hydroxylation sites is 1. The van der Waals surface area contributed by atoms with Crippen molar-refractivity contribution in [3.63, 3.8) is 0 Å². The van der Waals surface area contributed by atoms with Crippen molar-refractivity contribution in [3.05, 3.63) is 63.4 Å². The van der Waals surface area contributed by atoms with E-state index in [2.05, 4.69) is 5.09 Å². The summed E-state index contributed by atoms with van der Waals surface area (Å²) in [5, 5.41) is 13.2. The van der Waals surface area contributed by atoms with Crippen molar-refractivity contribution in [2.24, 2.45) is 0 Å². The van der Waals surface area contributed by atoms with Gasteiger partial charge in [-0.1, -0.05) is 41.4 Å². The van der Waals surface area contributed by atoms with Gasteiger partial charge in [-0.15, -0.1) is 0 Å². The molecule has 0 aliphatic carbocycles. The maximum Gasteiger partial charge on any atom is 0.459 e. The Labute approximate surface area is 216 Å². The maximum absolute atomic E-state index is 13.6. The summed E-state index contributed by atoms with van der Waals surface area (Å²) in [5.74, 6) is -0.520. The van der Waals surface area contributed by atoms with Crippen molar-refractivity contribution in [3.8, 4) is 5.75 Å². The molecule has 0 radical (unpaired) electrons. The molecule has 1 saturated heterocycles. The normalized spacial score (nSPS) is 23.7. The van der Waals surface area contributed by atoms with E-state index in [-0.39, 0.29) is 5.75 Å². The van der Waals surface area contributed by atoms with Gasteiger partial charge in [0.25, 0.3) is 5.56 Å². The summed E-state index contributed by atoms with van der Waals surface area (Å²) in [7, 11) is -4.27. The van der Waals surface area contributed by atoms with E-state index < -0.39 is 66.5 Å². The average molecular weight is 566 g/mol. The molecule has 5 atom stereocenters. The number of benzene rings is 1. The Morgan fingerprint density at radius 1 is 1.25 bits per heavy atom. The molecule has 1 fully saturated rings. The van der Waals surface area contributed by atoms with E-state index in [9.17, 15) is 24.1 Å².